The van der Waals surface area contributed by atoms with E-state index in [9.17, 15) is 0 Å². The Kier molecular flexibility index (Phi) is 3.64. The molecular formula is C10H10Cl2O. The second-order valence-corrected chi connectivity index (χ2v) is 3.37. The van der Waals surface area contributed by atoms with Crippen molar-refractivity contribution in [2.45, 2.75) is 13.8 Å². The van der Waals surface area contributed by atoms with Crippen LogP contribution in [0.25, 0.3) is 0 Å². The average Bonchev–Trinajstić information content (AvgIpc) is 2.11. The van der Waals surface area contributed by atoms with Gasteiger partial charge in [-0.15, -0.1) is 0 Å². The van der Waals surface area contributed by atoms with Crippen molar-refractivity contribution in [1.29, 1.82) is 0 Å². The van der Waals surface area contributed by atoms with Crippen molar-refractivity contribution >= 4 is 23.2 Å². The van der Waals surface area contributed by atoms with E-state index >= 15 is 0 Å². The van der Waals surface area contributed by atoms with E-state index < -0.39 is 0 Å². The first kappa shape index (κ1) is 10.4. The quantitative estimate of drug-likeness (QED) is 0.681. The second-order valence-electron chi connectivity index (χ2n) is 2.78. The summed E-state index contributed by atoms with van der Waals surface area (Å²) < 4.78 is 5.27. The van der Waals surface area contributed by atoms with Crippen molar-refractivity contribution in [3.63, 3.8) is 0 Å². The largest absolute Gasteiger partial charge is 0.444 e. The molecule has 13 heavy (non-hydrogen) atoms. The molecule has 0 saturated carbocycles. The van der Waals surface area contributed by atoms with E-state index in [0.29, 0.717) is 0 Å². The highest BCUT2D eigenvalue weighted by Gasteiger charge is 2.01. The van der Waals surface area contributed by atoms with Gasteiger partial charge in [0, 0.05) is 0 Å². The van der Waals surface area contributed by atoms with E-state index in [1.165, 1.54) is 5.54 Å². The molecule has 0 bridgehead atoms. The molecule has 0 aliphatic carbocycles. The van der Waals surface area contributed by atoms with Crippen LogP contribution < -0.4 is 4.74 Å². The molecule has 1 rings (SSSR count). The van der Waals surface area contributed by atoms with Crippen molar-refractivity contribution in [2.24, 2.45) is 0 Å². The van der Waals surface area contributed by atoms with Gasteiger partial charge in [0.05, 0.1) is 5.54 Å². The highest BCUT2D eigenvalue weighted by molar-refractivity contribution is 6.35. The molecule has 0 aliphatic heterocycles. The topological polar surface area (TPSA) is 9.23 Å². The van der Waals surface area contributed by atoms with Crippen molar-refractivity contribution in [3.8, 4) is 5.75 Å². The average molecular weight is 217 g/mol. The number of hydrogen-bond donors (Lipinski definition) is 0. The second kappa shape index (κ2) is 4.54. The van der Waals surface area contributed by atoms with Gasteiger partial charge >= 0.3 is 0 Å². The number of aryl methyl sites for hydroxylation is 2. The minimum Gasteiger partial charge on any atom is -0.444 e. The summed E-state index contributed by atoms with van der Waals surface area (Å²) in [5.74, 6) is 0.738. The number of halogens is 2. The van der Waals surface area contributed by atoms with Crippen LogP contribution in [0.15, 0.2) is 29.0 Å². The molecule has 0 unspecified atom stereocenters. The predicted octanol–water partition coefficient (Wildman–Crippen LogP) is 3.96. The zero-order chi connectivity index (χ0) is 9.84. The number of rotatable bonds is 2. The molecule has 1 aromatic rings. The van der Waals surface area contributed by atoms with Gasteiger partial charge in [0.2, 0.25) is 5.22 Å². The monoisotopic (exact) mass is 216 g/mol. The first-order valence-corrected chi connectivity index (χ1v) is 4.66. The fourth-order valence-electron chi connectivity index (χ4n) is 0.945. The van der Waals surface area contributed by atoms with Crippen LogP contribution in [0.1, 0.15) is 11.1 Å². The molecule has 0 radical (unpaired) electrons. The Morgan fingerprint density at radius 1 is 1.38 bits per heavy atom. The Labute approximate surface area is 87.9 Å². The molecule has 0 N–H and O–H groups in total. The zero-order valence-electron chi connectivity index (χ0n) is 7.47. The lowest BCUT2D eigenvalue weighted by molar-refractivity contribution is 0.460. The number of ether oxygens (including phenoxy) is 1. The lowest BCUT2D eigenvalue weighted by Gasteiger charge is -2.07. The maximum absolute atomic E-state index is 5.63. The molecule has 0 amide bonds. The van der Waals surface area contributed by atoms with Crippen molar-refractivity contribution < 1.29 is 4.74 Å². The Hall–Kier alpha value is -0.660. The van der Waals surface area contributed by atoms with Crippen LogP contribution in [0, 0.1) is 13.8 Å². The molecule has 0 heterocycles. The fraction of sp³-hybridized carbons (Fsp3) is 0.200. The molecule has 0 atom stereocenters. The minimum atomic E-state index is 0.176. The van der Waals surface area contributed by atoms with E-state index in [1.807, 2.05) is 32.0 Å². The van der Waals surface area contributed by atoms with E-state index in [-0.39, 0.29) is 5.22 Å². The third-order valence-electron chi connectivity index (χ3n) is 1.64. The predicted molar refractivity (Wildman–Crippen MR) is 56.3 cm³/mol. The van der Waals surface area contributed by atoms with E-state index in [0.717, 1.165) is 16.9 Å². The van der Waals surface area contributed by atoms with Crippen LogP contribution in [0.4, 0.5) is 0 Å². The van der Waals surface area contributed by atoms with E-state index in [4.69, 9.17) is 27.9 Å². The number of hydrogen-bond acceptors (Lipinski definition) is 1. The molecule has 0 aliphatic rings. The third kappa shape index (κ3) is 2.94. The van der Waals surface area contributed by atoms with Gasteiger partial charge in [-0.05, 0) is 42.6 Å². The summed E-state index contributed by atoms with van der Waals surface area (Å²) in [6.07, 6.45) is 0. The van der Waals surface area contributed by atoms with Gasteiger partial charge in [0.25, 0.3) is 0 Å². The molecule has 0 fully saturated rings. The smallest absolute Gasteiger partial charge is 0.205 e. The van der Waals surface area contributed by atoms with E-state index in [2.05, 4.69) is 0 Å². The minimum absolute atomic E-state index is 0.176. The summed E-state index contributed by atoms with van der Waals surface area (Å²) >= 11 is 11.0. The SMILES string of the molecule is Cc1ccc(C)c(O/C(Cl)=C/Cl)c1. The van der Waals surface area contributed by atoms with E-state index in [1.54, 1.807) is 0 Å². The van der Waals surface area contributed by atoms with Crippen LogP contribution in [0.3, 0.4) is 0 Å². The first-order valence-electron chi connectivity index (χ1n) is 3.84. The van der Waals surface area contributed by atoms with Crippen LogP contribution in [-0.4, -0.2) is 0 Å². The molecule has 0 saturated heterocycles. The third-order valence-corrected chi connectivity index (χ3v) is 2.13. The summed E-state index contributed by atoms with van der Waals surface area (Å²) in [7, 11) is 0. The van der Waals surface area contributed by atoms with Crippen LogP contribution in [0.2, 0.25) is 0 Å². The van der Waals surface area contributed by atoms with Gasteiger partial charge in [-0.2, -0.15) is 0 Å². The molecule has 1 nitrogen and oxygen atoms in total. The molecule has 1 aromatic carbocycles. The molecule has 0 spiro atoms. The lowest BCUT2D eigenvalue weighted by atomic mass is 10.1. The molecule has 3 heteroatoms. The van der Waals surface area contributed by atoms with Crippen molar-refractivity contribution in [2.75, 3.05) is 0 Å². The van der Waals surface area contributed by atoms with Crippen molar-refractivity contribution in [1.82, 2.24) is 0 Å². The summed E-state index contributed by atoms with van der Waals surface area (Å²) in [5.41, 5.74) is 3.35. The summed E-state index contributed by atoms with van der Waals surface area (Å²) in [6.45, 7) is 3.94. The zero-order valence-corrected chi connectivity index (χ0v) is 8.99. The van der Waals surface area contributed by atoms with Crippen LogP contribution >= 0.6 is 23.2 Å². The Morgan fingerprint density at radius 3 is 2.69 bits per heavy atom. The number of benzene rings is 1. The highest BCUT2D eigenvalue weighted by atomic mass is 35.5. The van der Waals surface area contributed by atoms with Crippen molar-refractivity contribution in [3.05, 3.63) is 40.1 Å². The Morgan fingerprint density at radius 2 is 2.08 bits per heavy atom. The Bertz CT molecular complexity index is 332. The lowest BCUT2D eigenvalue weighted by Crippen LogP contribution is -1.90. The molecular weight excluding hydrogens is 207 g/mol. The van der Waals surface area contributed by atoms with Gasteiger partial charge in [0.15, 0.2) is 0 Å². The summed E-state index contributed by atoms with van der Waals surface area (Å²) in [6, 6.07) is 5.90. The van der Waals surface area contributed by atoms with Crippen LogP contribution in [0.5, 0.6) is 5.75 Å². The first-order chi connectivity index (χ1) is 6.13. The normalized spacial score (nSPS) is 11.5. The van der Waals surface area contributed by atoms with Gasteiger partial charge in [-0.1, -0.05) is 23.7 Å². The summed E-state index contributed by atoms with van der Waals surface area (Å²) in [4.78, 5) is 0. The maximum atomic E-state index is 5.63. The van der Waals surface area contributed by atoms with Crippen LogP contribution in [-0.2, 0) is 0 Å². The Balaban J connectivity index is 2.94. The fourth-order valence-corrected chi connectivity index (χ4v) is 1.07. The standard InChI is InChI=1S/C10H10Cl2O/c1-7-3-4-8(2)9(5-7)13-10(12)6-11/h3-6H,1-2H3/b10-6+. The van der Waals surface area contributed by atoms with Gasteiger partial charge in [-0.3, -0.25) is 0 Å². The maximum Gasteiger partial charge on any atom is 0.205 e. The molecule has 70 valence electrons. The summed E-state index contributed by atoms with van der Waals surface area (Å²) in [5, 5.41) is 0.176. The van der Waals surface area contributed by atoms with Gasteiger partial charge < -0.3 is 4.74 Å². The highest BCUT2D eigenvalue weighted by Crippen LogP contribution is 2.22. The van der Waals surface area contributed by atoms with Gasteiger partial charge in [-0.25, -0.2) is 0 Å². The molecule has 0 aromatic heterocycles. The van der Waals surface area contributed by atoms with Gasteiger partial charge in [0.1, 0.15) is 5.75 Å².